The first-order chi connectivity index (χ1) is 12.6. The zero-order valence-electron chi connectivity index (χ0n) is 13.6. The molecule has 2 aromatic heterocycles. The summed E-state index contributed by atoms with van der Waals surface area (Å²) in [7, 11) is -3.76. The van der Waals surface area contributed by atoms with Crippen molar-refractivity contribution in [1.82, 2.24) is 9.97 Å². The van der Waals surface area contributed by atoms with Gasteiger partial charge in [-0.3, -0.25) is 4.72 Å². The third-order valence-corrected chi connectivity index (χ3v) is 5.19. The molecule has 6 nitrogen and oxygen atoms in total. The van der Waals surface area contributed by atoms with Crippen LogP contribution in [0.4, 0.5) is 5.69 Å². The van der Waals surface area contributed by atoms with E-state index >= 15 is 0 Å². The van der Waals surface area contributed by atoms with Crippen LogP contribution in [-0.2, 0) is 10.0 Å². The number of para-hydroxylation sites is 1. The number of ether oxygens (including phenoxy) is 1. The molecule has 0 fully saturated rings. The van der Waals surface area contributed by atoms with Crippen LogP contribution < -0.4 is 9.46 Å². The van der Waals surface area contributed by atoms with Crippen LogP contribution in [0.3, 0.4) is 0 Å². The summed E-state index contributed by atoms with van der Waals surface area (Å²) in [6, 6.07) is 19.5. The highest BCUT2D eigenvalue weighted by Gasteiger charge is 2.19. The minimum Gasteiger partial charge on any atom is -0.457 e. The molecule has 0 saturated heterocycles. The van der Waals surface area contributed by atoms with E-state index in [-0.39, 0.29) is 4.90 Å². The molecule has 4 rings (SSSR count). The van der Waals surface area contributed by atoms with Gasteiger partial charge in [-0.05, 0) is 36.4 Å². The number of benzene rings is 2. The number of rotatable bonds is 5. The summed E-state index contributed by atoms with van der Waals surface area (Å²) in [5.41, 5.74) is 0.936. The van der Waals surface area contributed by atoms with Crippen LogP contribution in [0.15, 0.2) is 84.0 Å². The van der Waals surface area contributed by atoms with Crippen molar-refractivity contribution in [2.45, 2.75) is 4.90 Å². The van der Waals surface area contributed by atoms with Crippen LogP contribution in [0, 0.1) is 0 Å². The Morgan fingerprint density at radius 3 is 2.58 bits per heavy atom. The largest absolute Gasteiger partial charge is 0.457 e. The predicted octanol–water partition coefficient (Wildman–Crippen LogP) is 4.16. The van der Waals surface area contributed by atoms with Crippen molar-refractivity contribution >= 4 is 26.7 Å². The van der Waals surface area contributed by atoms with Gasteiger partial charge in [0.05, 0.1) is 5.69 Å². The van der Waals surface area contributed by atoms with Crippen molar-refractivity contribution in [2.75, 3.05) is 4.72 Å². The Balaban J connectivity index is 1.61. The molecule has 0 aliphatic heterocycles. The number of anilines is 1. The number of hydrogen-bond acceptors (Lipinski definition) is 4. The van der Waals surface area contributed by atoms with Crippen LogP contribution in [0.25, 0.3) is 11.0 Å². The van der Waals surface area contributed by atoms with Gasteiger partial charge in [0.25, 0.3) is 10.0 Å². The Labute approximate surface area is 150 Å². The molecule has 0 unspecified atom stereocenters. The number of pyridine rings is 1. The van der Waals surface area contributed by atoms with Crippen LogP contribution in [-0.4, -0.2) is 18.4 Å². The van der Waals surface area contributed by atoms with E-state index in [1.165, 1.54) is 6.20 Å². The number of fused-ring (bicyclic) bond motifs is 1. The highest BCUT2D eigenvalue weighted by molar-refractivity contribution is 7.93. The van der Waals surface area contributed by atoms with E-state index in [1.807, 2.05) is 30.3 Å². The van der Waals surface area contributed by atoms with Gasteiger partial charge in [0.15, 0.2) is 0 Å². The minimum atomic E-state index is -3.76. The van der Waals surface area contributed by atoms with Gasteiger partial charge >= 0.3 is 0 Å². The van der Waals surface area contributed by atoms with Gasteiger partial charge in [0.1, 0.15) is 22.0 Å². The second kappa shape index (κ2) is 6.53. The van der Waals surface area contributed by atoms with E-state index in [4.69, 9.17) is 4.74 Å². The Bertz CT molecular complexity index is 1150. The predicted molar refractivity (Wildman–Crippen MR) is 99.9 cm³/mol. The number of nitrogens with zero attached hydrogens (tertiary/aromatic N) is 1. The maximum Gasteiger partial charge on any atom is 0.264 e. The highest BCUT2D eigenvalue weighted by Crippen LogP contribution is 2.27. The highest BCUT2D eigenvalue weighted by atomic mass is 32.2. The fourth-order valence-electron chi connectivity index (χ4n) is 2.61. The first-order valence-corrected chi connectivity index (χ1v) is 9.38. The summed E-state index contributed by atoms with van der Waals surface area (Å²) in [6.45, 7) is 0. The van der Waals surface area contributed by atoms with Gasteiger partial charge in [-0.15, -0.1) is 0 Å². The van der Waals surface area contributed by atoms with Gasteiger partial charge in [-0.25, -0.2) is 13.4 Å². The summed E-state index contributed by atoms with van der Waals surface area (Å²) in [4.78, 5) is 7.13. The molecule has 0 spiro atoms. The van der Waals surface area contributed by atoms with Crippen LogP contribution in [0.5, 0.6) is 11.5 Å². The van der Waals surface area contributed by atoms with E-state index in [2.05, 4.69) is 14.7 Å². The van der Waals surface area contributed by atoms with Crippen LogP contribution >= 0.6 is 0 Å². The van der Waals surface area contributed by atoms with Gasteiger partial charge in [-0.2, -0.15) is 0 Å². The standard InChI is InChI=1S/C19H15N3O3S/c23-26(24,18-13-21-19-17(18)10-5-11-20-19)22-14-6-4-9-16(12-14)25-15-7-2-1-3-8-15/h1-13,22H,(H,20,21). The monoisotopic (exact) mass is 365 g/mol. The molecule has 2 aromatic carbocycles. The van der Waals surface area contributed by atoms with Crippen molar-refractivity contribution in [2.24, 2.45) is 0 Å². The average Bonchev–Trinajstić information content (AvgIpc) is 3.07. The van der Waals surface area contributed by atoms with Crippen molar-refractivity contribution in [3.8, 4) is 11.5 Å². The van der Waals surface area contributed by atoms with E-state index < -0.39 is 10.0 Å². The minimum absolute atomic E-state index is 0.148. The Morgan fingerprint density at radius 2 is 1.73 bits per heavy atom. The molecule has 7 heteroatoms. The smallest absolute Gasteiger partial charge is 0.264 e. The van der Waals surface area contributed by atoms with E-state index in [0.29, 0.717) is 28.2 Å². The molecule has 2 heterocycles. The molecule has 0 aliphatic carbocycles. The number of sulfonamides is 1. The Kier molecular flexibility index (Phi) is 4.06. The lowest BCUT2D eigenvalue weighted by Crippen LogP contribution is -2.12. The van der Waals surface area contributed by atoms with E-state index in [1.54, 1.807) is 42.6 Å². The zero-order chi connectivity index (χ0) is 18.0. The second-order valence-electron chi connectivity index (χ2n) is 5.60. The van der Waals surface area contributed by atoms with Gasteiger partial charge in [0.2, 0.25) is 0 Å². The van der Waals surface area contributed by atoms with Crippen molar-refractivity contribution in [3.63, 3.8) is 0 Å². The molecule has 26 heavy (non-hydrogen) atoms. The summed E-state index contributed by atoms with van der Waals surface area (Å²) in [5.74, 6) is 1.22. The summed E-state index contributed by atoms with van der Waals surface area (Å²) in [5, 5.41) is 0.539. The van der Waals surface area contributed by atoms with Crippen molar-refractivity contribution < 1.29 is 13.2 Å². The Morgan fingerprint density at radius 1 is 0.923 bits per heavy atom. The molecular formula is C19H15N3O3S. The molecule has 0 amide bonds. The SMILES string of the molecule is O=S(=O)(Nc1cccc(Oc2ccccc2)c1)c1c[nH]c2ncccc12. The molecule has 0 radical (unpaired) electrons. The lowest BCUT2D eigenvalue weighted by atomic mass is 10.3. The lowest BCUT2D eigenvalue weighted by Gasteiger charge is -2.10. The molecule has 130 valence electrons. The topological polar surface area (TPSA) is 84.1 Å². The first kappa shape index (κ1) is 16.2. The molecule has 2 N–H and O–H groups in total. The van der Waals surface area contributed by atoms with Gasteiger partial charge in [0, 0.05) is 23.8 Å². The molecule has 4 aromatic rings. The van der Waals surface area contributed by atoms with Crippen LogP contribution in [0.1, 0.15) is 0 Å². The molecule has 0 bridgehead atoms. The normalized spacial score (nSPS) is 11.4. The fraction of sp³-hybridized carbons (Fsp3) is 0. The van der Waals surface area contributed by atoms with Crippen LogP contribution in [0.2, 0.25) is 0 Å². The van der Waals surface area contributed by atoms with Gasteiger partial charge < -0.3 is 9.72 Å². The summed E-state index contributed by atoms with van der Waals surface area (Å²) in [6.07, 6.45) is 3.04. The van der Waals surface area contributed by atoms with Crippen molar-refractivity contribution in [3.05, 3.63) is 79.1 Å². The second-order valence-corrected chi connectivity index (χ2v) is 7.25. The van der Waals surface area contributed by atoms with Crippen molar-refractivity contribution in [1.29, 1.82) is 0 Å². The fourth-order valence-corrected chi connectivity index (χ4v) is 3.83. The molecule has 0 atom stereocenters. The number of aromatic amines is 1. The Hall–Kier alpha value is -3.32. The number of nitrogens with one attached hydrogen (secondary N) is 2. The molecule has 0 saturated carbocycles. The first-order valence-electron chi connectivity index (χ1n) is 7.90. The third-order valence-electron chi connectivity index (χ3n) is 3.77. The van der Waals surface area contributed by atoms with E-state index in [9.17, 15) is 8.42 Å². The zero-order valence-corrected chi connectivity index (χ0v) is 14.4. The summed E-state index contributed by atoms with van der Waals surface area (Å²) >= 11 is 0. The summed E-state index contributed by atoms with van der Waals surface area (Å²) < 4.78 is 33.8. The maximum absolute atomic E-state index is 12.7. The molecule has 0 aliphatic rings. The van der Waals surface area contributed by atoms with E-state index in [0.717, 1.165) is 0 Å². The number of hydrogen-bond donors (Lipinski definition) is 2. The molecular weight excluding hydrogens is 350 g/mol. The maximum atomic E-state index is 12.7. The number of aromatic nitrogens is 2. The lowest BCUT2D eigenvalue weighted by molar-refractivity contribution is 0.483. The average molecular weight is 365 g/mol. The number of H-pyrrole nitrogens is 1. The third kappa shape index (κ3) is 3.25. The van der Waals surface area contributed by atoms with Gasteiger partial charge in [-0.1, -0.05) is 24.3 Å². The quantitative estimate of drug-likeness (QED) is 0.556.